The van der Waals surface area contributed by atoms with E-state index in [9.17, 15) is 4.91 Å². The summed E-state index contributed by atoms with van der Waals surface area (Å²) in [6, 6.07) is 13.8. The molecule has 1 aromatic carbocycles. The van der Waals surface area contributed by atoms with Crippen molar-refractivity contribution in [2.24, 2.45) is 0 Å². The monoisotopic (exact) mass is 271 g/mol. The fourth-order valence-electron chi connectivity index (χ4n) is 1.84. The average molecular weight is 271 g/mol. The Kier molecular flexibility index (Phi) is 4.82. The minimum atomic E-state index is 0.498. The Morgan fingerprint density at radius 1 is 1.10 bits per heavy atom. The number of hydrogen-bond donors (Lipinski definition) is 0. The third kappa shape index (κ3) is 4.46. The lowest BCUT2D eigenvalue weighted by molar-refractivity contribution is -0.518. The van der Waals surface area contributed by atoms with Crippen LogP contribution < -0.4 is 4.74 Å². The molecule has 0 amide bonds. The summed E-state index contributed by atoms with van der Waals surface area (Å²) in [6.45, 7) is 2.95. The molecule has 2 aromatic rings. The van der Waals surface area contributed by atoms with Gasteiger partial charge in [0, 0.05) is 23.1 Å². The van der Waals surface area contributed by atoms with Crippen LogP contribution in [0.3, 0.4) is 0 Å². The van der Waals surface area contributed by atoms with Crippen LogP contribution in [-0.4, -0.2) is 23.3 Å². The van der Waals surface area contributed by atoms with Gasteiger partial charge >= 0.3 is 0 Å². The standard InChI is InChI=1S/C16H19N2O2/c1-13-4-3-5-16(17-13)20-12-15-8-6-14(7-9-15)10-11-18(2)19/h3-9H,10-12H2,1-2H3/q+1. The van der Waals surface area contributed by atoms with Crippen molar-refractivity contribution in [2.45, 2.75) is 20.0 Å². The summed E-state index contributed by atoms with van der Waals surface area (Å²) < 4.78 is 6.59. The molecule has 20 heavy (non-hydrogen) atoms. The molecule has 4 heteroatoms. The lowest BCUT2D eigenvalue weighted by Crippen LogP contribution is -2.05. The zero-order valence-corrected chi connectivity index (χ0v) is 11.9. The summed E-state index contributed by atoms with van der Waals surface area (Å²) in [7, 11) is 1.54. The van der Waals surface area contributed by atoms with Crippen LogP contribution in [-0.2, 0) is 13.0 Å². The van der Waals surface area contributed by atoms with Crippen molar-refractivity contribution in [1.29, 1.82) is 0 Å². The fraction of sp³-hybridized carbons (Fsp3) is 0.312. The van der Waals surface area contributed by atoms with E-state index in [0.717, 1.165) is 28.0 Å². The largest absolute Gasteiger partial charge is 0.473 e. The summed E-state index contributed by atoms with van der Waals surface area (Å²) >= 11 is 0. The molecule has 0 N–H and O–H groups in total. The van der Waals surface area contributed by atoms with E-state index >= 15 is 0 Å². The molecule has 1 heterocycles. The molecule has 4 nitrogen and oxygen atoms in total. The van der Waals surface area contributed by atoms with Crippen LogP contribution >= 0.6 is 0 Å². The van der Waals surface area contributed by atoms with Gasteiger partial charge < -0.3 is 4.74 Å². The molecular weight excluding hydrogens is 252 g/mol. The predicted molar refractivity (Wildman–Crippen MR) is 77.9 cm³/mol. The quantitative estimate of drug-likeness (QED) is 0.759. The third-order valence-electron chi connectivity index (χ3n) is 2.99. The molecule has 0 spiro atoms. The number of benzene rings is 1. The highest BCUT2D eigenvalue weighted by Crippen LogP contribution is 2.11. The topological polar surface area (TPSA) is 42.2 Å². The molecule has 0 aliphatic carbocycles. The van der Waals surface area contributed by atoms with Crippen LogP contribution in [0.15, 0.2) is 42.5 Å². The molecule has 0 radical (unpaired) electrons. The zero-order valence-electron chi connectivity index (χ0n) is 11.9. The van der Waals surface area contributed by atoms with Gasteiger partial charge in [0.15, 0.2) is 13.6 Å². The van der Waals surface area contributed by atoms with Crippen molar-refractivity contribution < 1.29 is 9.50 Å². The first-order chi connectivity index (χ1) is 9.63. The van der Waals surface area contributed by atoms with Crippen molar-refractivity contribution in [3.05, 3.63) is 64.2 Å². The summed E-state index contributed by atoms with van der Waals surface area (Å²) in [4.78, 5) is 15.2. The fourth-order valence-corrected chi connectivity index (χ4v) is 1.84. The maximum Gasteiger partial charge on any atom is 0.213 e. The highest BCUT2D eigenvalue weighted by atomic mass is 16.5. The molecule has 0 aliphatic rings. The average Bonchev–Trinajstić information content (AvgIpc) is 2.44. The molecule has 0 bridgehead atoms. The Bertz CT molecular complexity index is 579. The van der Waals surface area contributed by atoms with Gasteiger partial charge in [0.1, 0.15) is 6.61 Å². The molecular formula is C16H19N2O2+. The number of nitrogens with zero attached hydrogens (tertiary/aromatic N) is 2. The van der Waals surface area contributed by atoms with Gasteiger partial charge in [0.25, 0.3) is 0 Å². The molecule has 0 fully saturated rings. The minimum absolute atomic E-state index is 0.498. The van der Waals surface area contributed by atoms with E-state index in [2.05, 4.69) is 4.98 Å². The number of pyridine rings is 1. The Hall–Kier alpha value is -2.23. The number of likely N-dealkylation sites (N-methyl/N-ethyl adjacent to an activating group) is 1. The normalized spacial score (nSPS) is 10.3. The first-order valence-corrected chi connectivity index (χ1v) is 6.66. The molecule has 1 aromatic heterocycles. The van der Waals surface area contributed by atoms with Gasteiger partial charge in [-0.05, 0) is 28.9 Å². The molecule has 2 rings (SSSR count). The number of aryl methyl sites for hydroxylation is 1. The number of hydrogen-bond acceptors (Lipinski definition) is 3. The Morgan fingerprint density at radius 3 is 2.45 bits per heavy atom. The molecule has 0 unspecified atom stereocenters. The highest BCUT2D eigenvalue weighted by molar-refractivity contribution is 5.23. The van der Waals surface area contributed by atoms with E-state index in [-0.39, 0.29) is 0 Å². The second-order valence-electron chi connectivity index (χ2n) is 4.82. The molecule has 0 saturated carbocycles. The van der Waals surface area contributed by atoms with Crippen molar-refractivity contribution >= 4 is 0 Å². The lowest BCUT2D eigenvalue weighted by Gasteiger charge is -2.06. The Morgan fingerprint density at radius 2 is 1.80 bits per heavy atom. The maximum atomic E-state index is 10.9. The number of rotatable bonds is 6. The number of nitroso groups, excluding NO2 is 1. The van der Waals surface area contributed by atoms with Crippen LogP contribution in [0.4, 0.5) is 0 Å². The van der Waals surface area contributed by atoms with Crippen LogP contribution in [0.1, 0.15) is 16.8 Å². The van der Waals surface area contributed by atoms with Crippen LogP contribution in [0, 0.1) is 11.8 Å². The van der Waals surface area contributed by atoms with E-state index in [1.165, 1.54) is 7.05 Å². The zero-order chi connectivity index (χ0) is 14.4. The van der Waals surface area contributed by atoms with E-state index in [4.69, 9.17) is 4.74 Å². The Labute approximate surface area is 119 Å². The number of ether oxygens (including phenoxy) is 1. The van der Waals surface area contributed by atoms with Gasteiger partial charge in [0.05, 0.1) is 0 Å². The first-order valence-electron chi connectivity index (χ1n) is 6.66. The van der Waals surface area contributed by atoms with Gasteiger partial charge in [-0.15, -0.1) is 0 Å². The van der Waals surface area contributed by atoms with Crippen molar-refractivity contribution in [1.82, 2.24) is 4.98 Å². The smallest absolute Gasteiger partial charge is 0.213 e. The maximum absolute atomic E-state index is 10.9. The predicted octanol–water partition coefficient (Wildman–Crippen LogP) is 2.92. The number of aromatic nitrogens is 1. The Balaban J connectivity index is 1.89. The van der Waals surface area contributed by atoms with Gasteiger partial charge in [0.2, 0.25) is 5.88 Å². The van der Waals surface area contributed by atoms with E-state index in [1.807, 2.05) is 49.4 Å². The summed E-state index contributed by atoms with van der Waals surface area (Å²) in [5.74, 6) is 0.641. The molecule has 104 valence electrons. The van der Waals surface area contributed by atoms with Gasteiger partial charge in [-0.2, -0.15) is 0 Å². The second-order valence-corrected chi connectivity index (χ2v) is 4.82. The second kappa shape index (κ2) is 6.80. The van der Waals surface area contributed by atoms with Gasteiger partial charge in [-0.3, -0.25) is 0 Å². The van der Waals surface area contributed by atoms with Crippen LogP contribution in [0.2, 0.25) is 0 Å². The summed E-state index contributed by atoms with van der Waals surface area (Å²) in [6.07, 6.45) is 0.764. The highest BCUT2D eigenvalue weighted by Gasteiger charge is 2.02. The molecule has 0 aliphatic heterocycles. The van der Waals surface area contributed by atoms with E-state index in [1.54, 1.807) is 0 Å². The summed E-state index contributed by atoms with van der Waals surface area (Å²) in [5, 5.41) is 0. The molecule has 0 atom stereocenters. The van der Waals surface area contributed by atoms with Crippen LogP contribution in [0.25, 0.3) is 0 Å². The van der Waals surface area contributed by atoms with E-state index in [0.29, 0.717) is 19.0 Å². The molecule has 0 saturated heterocycles. The third-order valence-corrected chi connectivity index (χ3v) is 2.99. The summed E-state index contributed by atoms with van der Waals surface area (Å²) in [5.41, 5.74) is 3.19. The lowest BCUT2D eigenvalue weighted by atomic mass is 10.1. The van der Waals surface area contributed by atoms with Gasteiger partial charge in [-0.25, -0.2) is 4.98 Å². The van der Waals surface area contributed by atoms with Crippen molar-refractivity contribution in [3.63, 3.8) is 0 Å². The first kappa shape index (κ1) is 14.2. The SMILES string of the molecule is Cc1cccc(OCc2ccc(CC[N+](C)=O)cc2)n1. The van der Waals surface area contributed by atoms with Gasteiger partial charge in [-0.1, -0.05) is 30.3 Å². The van der Waals surface area contributed by atoms with Crippen molar-refractivity contribution in [3.8, 4) is 5.88 Å². The van der Waals surface area contributed by atoms with E-state index < -0.39 is 0 Å². The minimum Gasteiger partial charge on any atom is -0.473 e. The van der Waals surface area contributed by atoms with Crippen molar-refractivity contribution in [2.75, 3.05) is 13.6 Å². The van der Waals surface area contributed by atoms with Crippen LogP contribution in [0.5, 0.6) is 5.88 Å².